The molecule has 0 amide bonds. The first-order chi connectivity index (χ1) is 19.8. The van der Waals surface area contributed by atoms with E-state index in [1.807, 2.05) is 18.2 Å². The van der Waals surface area contributed by atoms with Crippen LogP contribution in [-0.2, 0) is 27.7 Å². The maximum absolute atomic E-state index is 11.6. The van der Waals surface area contributed by atoms with Crippen LogP contribution in [0.1, 0.15) is 16.7 Å². The summed E-state index contributed by atoms with van der Waals surface area (Å²) < 4.78 is 54.9. The number of halogens is 3. The van der Waals surface area contributed by atoms with Crippen LogP contribution >= 0.6 is 0 Å². The Morgan fingerprint density at radius 2 is 1.40 bits per heavy atom. The summed E-state index contributed by atoms with van der Waals surface area (Å²) in [5.74, 6) is -1.88. The molecule has 0 spiro atoms. The molecule has 11 heteroatoms. The molecule has 1 aromatic heterocycles. The minimum Gasteiger partial charge on any atom is -0.475 e. The van der Waals surface area contributed by atoms with Gasteiger partial charge in [-0.2, -0.15) is 13.2 Å². The monoisotopic (exact) mass is 595 g/mol. The van der Waals surface area contributed by atoms with Gasteiger partial charge in [-0.3, -0.25) is 0 Å². The van der Waals surface area contributed by atoms with Gasteiger partial charge in [-0.25, -0.2) is 18.2 Å². The number of H-pyrrole nitrogens is 1. The van der Waals surface area contributed by atoms with Crippen LogP contribution in [0.5, 0.6) is 0 Å². The average molecular weight is 596 g/mol. The number of para-hydroxylation sites is 1. The number of hydrogen-bond donors (Lipinski definition) is 3. The lowest BCUT2D eigenvalue weighted by atomic mass is 10.0. The van der Waals surface area contributed by atoms with E-state index >= 15 is 0 Å². The van der Waals surface area contributed by atoms with Gasteiger partial charge in [-0.1, -0.05) is 66.7 Å². The van der Waals surface area contributed by atoms with Crippen LogP contribution in [0.3, 0.4) is 0 Å². The van der Waals surface area contributed by atoms with Gasteiger partial charge in [0, 0.05) is 24.9 Å². The van der Waals surface area contributed by atoms with Crippen LogP contribution in [0.4, 0.5) is 13.2 Å². The molecular formula is C31H28F3N3O4S. The Labute approximate surface area is 241 Å². The van der Waals surface area contributed by atoms with E-state index in [4.69, 9.17) is 14.9 Å². The van der Waals surface area contributed by atoms with Crippen LogP contribution in [-0.4, -0.2) is 41.9 Å². The second-order valence-electron chi connectivity index (χ2n) is 9.66. The Morgan fingerprint density at radius 1 is 0.857 bits per heavy atom. The first kappa shape index (κ1) is 30.5. The molecule has 0 saturated carbocycles. The Hall–Kier alpha value is -4.48. The molecule has 5 rings (SSSR count). The smallest absolute Gasteiger partial charge is 0.475 e. The van der Waals surface area contributed by atoms with E-state index in [0.29, 0.717) is 11.4 Å². The van der Waals surface area contributed by atoms with E-state index in [2.05, 4.69) is 77.9 Å². The third-order valence-corrected chi connectivity index (χ3v) is 7.52. The number of aromatic amines is 1. The quantitative estimate of drug-likeness (QED) is 0.197. The highest BCUT2D eigenvalue weighted by Crippen LogP contribution is 2.27. The van der Waals surface area contributed by atoms with E-state index < -0.39 is 22.0 Å². The molecule has 3 N–H and O–H groups in total. The lowest BCUT2D eigenvalue weighted by Crippen LogP contribution is -2.21. The van der Waals surface area contributed by atoms with E-state index in [1.165, 1.54) is 11.8 Å². The molecule has 0 atom stereocenters. The number of hydrogen-bond acceptors (Lipinski definition) is 5. The van der Waals surface area contributed by atoms with Crippen LogP contribution in [0.15, 0.2) is 95.9 Å². The normalized spacial score (nSPS) is 11.6. The fourth-order valence-corrected chi connectivity index (χ4v) is 4.81. The molecule has 7 nitrogen and oxygen atoms in total. The standard InChI is InChI=1S/C29H27N3O2S.C2HF3O2/c1-20-5-3-8-27-28(20)32-29(31-27)25-7-4-6-24(17-25)23-13-9-21(10-14-23)18-30-19-22-11-15-26(16-12-22)35(2,33)34;3-2(4,5)1(6)7/h3-17,30H,18-19H2,1-2H3,(H,31,32);(H,6,7). The highest BCUT2D eigenvalue weighted by Gasteiger charge is 2.38. The third kappa shape index (κ3) is 7.83. The third-order valence-electron chi connectivity index (χ3n) is 6.39. The number of nitrogens with one attached hydrogen (secondary N) is 2. The SMILES string of the molecule is Cc1cccc2[nH]c(-c3cccc(-c4ccc(CNCc5ccc(S(C)(=O)=O)cc5)cc4)c3)nc12.O=C(O)C(F)(F)F. The minimum atomic E-state index is -5.08. The zero-order chi connectivity index (χ0) is 30.5. The number of rotatable bonds is 7. The van der Waals surface area contributed by atoms with Gasteiger partial charge >= 0.3 is 12.1 Å². The van der Waals surface area contributed by atoms with E-state index in [0.717, 1.165) is 51.2 Å². The number of carbonyl (C=O) groups is 1. The van der Waals surface area contributed by atoms with Crippen molar-refractivity contribution in [1.82, 2.24) is 15.3 Å². The topological polar surface area (TPSA) is 112 Å². The molecule has 0 aliphatic heterocycles. The van der Waals surface area contributed by atoms with Crippen molar-refractivity contribution in [3.63, 3.8) is 0 Å². The summed E-state index contributed by atoms with van der Waals surface area (Å²) in [5, 5.41) is 10.5. The van der Waals surface area contributed by atoms with E-state index in [9.17, 15) is 21.6 Å². The predicted octanol–water partition coefficient (Wildman–Crippen LogP) is 6.53. The number of carboxylic acid groups (broad SMARTS) is 1. The van der Waals surface area contributed by atoms with Gasteiger partial charge in [0.2, 0.25) is 0 Å². The molecule has 0 saturated heterocycles. The van der Waals surface area contributed by atoms with Crippen LogP contribution in [0.2, 0.25) is 0 Å². The van der Waals surface area contributed by atoms with Gasteiger partial charge in [0.25, 0.3) is 0 Å². The number of aliphatic carboxylic acids is 1. The highest BCUT2D eigenvalue weighted by atomic mass is 32.2. The molecule has 42 heavy (non-hydrogen) atoms. The van der Waals surface area contributed by atoms with Crippen molar-refractivity contribution in [2.24, 2.45) is 0 Å². The van der Waals surface area contributed by atoms with Crippen molar-refractivity contribution in [1.29, 1.82) is 0 Å². The summed E-state index contributed by atoms with van der Waals surface area (Å²) >= 11 is 0. The largest absolute Gasteiger partial charge is 0.490 e. The molecule has 4 aromatic carbocycles. The second kappa shape index (κ2) is 12.6. The van der Waals surface area contributed by atoms with E-state index in [1.54, 1.807) is 12.1 Å². The van der Waals surface area contributed by atoms with Crippen molar-refractivity contribution in [3.05, 3.63) is 108 Å². The number of aromatic nitrogens is 2. The number of nitrogens with zero attached hydrogens (tertiary/aromatic N) is 1. The van der Waals surface area contributed by atoms with Gasteiger partial charge in [-0.05, 0) is 59.0 Å². The number of imidazole rings is 1. The van der Waals surface area contributed by atoms with Crippen molar-refractivity contribution in [3.8, 4) is 22.5 Å². The molecule has 0 aliphatic rings. The van der Waals surface area contributed by atoms with Gasteiger partial charge < -0.3 is 15.4 Å². The molecule has 0 radical (unpaired) electrons. The average Bonchev–Trinajstić information content (AvgIpc) is 3.39. The molecule has 0 unspecified atom stereocenters. The summed E-state index contributed by atoms with van der Waals surface area (Å²) in [6.45, 7) is 3.48. The van der Waals surface area contributed by atoms with Crippen LogP contribution in [0.25, 0.3) is 33.5 Å². The number of fused-ring (bicyclic) bond motifs is 1. The van der Waals surface area contributed by atoms with Crippen molar-refractivity contribution in [2.45, 2.75) is 31.1 Å². The maximum Gasteiger partial charge on any atom is 0.490 e. The first-order valence-corrected chi connectivity index (χ1v) is 14.7. The lowest BCUT2D eigenvalue weighted by Gasteiger charge is -2.08. The van der Waals surface area contributed by atoms with Crippen molar-refractivity contribution >= 4 is 26.8 Å². The summed E-state index contributed by atoms with van der Waals surface area (Å²) in [6.07, 6.45) is -3.86. The lowest BCUT2D eigenvalue weighted by molar-refractivity contribution is -0.192. The fraction of sp³-hybridized carbons (Fsp3) is 0.161. The molecular weight excluding hydrogens is 567 g/mol. The number of alkyl halides is 3. The Balaban J connectivity index is 0.000000517. The molecule has 0 aliphatic carbocycles. The highest BCUT2D eigenvalue weighted by molar-refractivity contribution is 7.90. The van der Waals surface area contributed by atoms with Crippen LogP contribution in [0, 0.1) is 6.92 Å². The number of carboxylic acids is 1. The zero-order valence-electron chi connectivity index (χ0n) is 22.7. The Morgan fingerprint density at radius 3 is 1.95 bits per heavy atom. The number of benzene rings is 4. The van der Waals surface area contributed by atoms with Crippen LogP contribution < -0.4 is 5.32 Å². The first-order valence-electron chi connectivity index (χ1n) is 12.8. The Kier molecular flexibility index (Phi) is 9.13. The fourth-order valence-electron chi connectivity index (χ4n) is 4.18. The zero-order valence-corrected chi connectivity index (χ0v) is 23.6. The summed E-state index contributed by atoms with van der Waals surface area (Å²) in [7, 11) is -3.16. The summed E-state index contributed by atoms with van der Waals surface area (Å²) in [5.41, 5.74) is 8.81. The predicted molar refractivity (Wildman–Crippen MR) is 155 cm³/mol. The van der Waals surface area contributed by atoms with E-state index in [-0.39, 0.29) is 0 Å². The van der Waals surface area contributed by atoms with Gasteiger partial charge in [0.15, 0.2) is 9.84 Å². The molecule has 218 valence electrons. The van der Waals surface area contributed by atoms with Gasteiger partial charge in [0.05, 0.1) is 15.9 Å². The van der Waals surface area contributed by atoms with Gasteiger partial charge in [-0.15, -0.1) is 0 Å². The molecule has 0 fully saturated rings. The van der Waals surface area contributed by atoms with Gasteiger partial charge in [0.1, 0.15) is 5.82 Å². The number of aryl methyl sites for hydroxylation is 1. The Bertz CT molecular complexity index is 1800. The molecule has 1 heterocycles. The summed E-state index contributed by atoms with van der Waals surface area (Å²) in [4.78, 5) is 17.5. The molecule has 5 aromatic rings. The van der Waals surface area contributed by atoms with Crippen molar-refractivity contribution in [2.75, 3.05) is 6.26 Å². The summed E-state index contributed by atoms with van der Waals surface area (Å²) in [6, 6.07) is 30.2. The number of sulfone groups is 1. The molecule has 0 bridgehead atoms. The second-order valence-corrected chi connectivity index (χ2v) is 11.7. The van der Waals surface area contributed by atoms with Crippen molar-refractivity contribution < 1.29 is 31.5 Å². The minimum absolute atomic E-state index is 0.344. The maximum atomic E-state index is 11.6.